The van der Waals surface area contributed by atoms with Crippen molar-refractivity contribution in [1.29, 1.82) is 0 Å². The Balaban J connectivity index is 1.32. The zero-order valence-electron chi connectivity index (χ0n) is 16.6. The Hall–Kier alpha value is -4.53. The van der Waals surface area contributed by atoms with Crippen LogP contribution in [0.25, 0.3) is 22.8 Å². The molecule has 0 bridgehead atoms. The Bertz CT molecular complexity index is 1360. The largest absolute Gasteiger partial charge is 0.461 e. The monoisotopic (exact) mass is 429 g/mol. The normalized spacial score (nSPS) is 10.9. The Morgan fingerprint density at radius 1 is 1.06 bits per heavy atom. The zero-order valence-corrected chi connectivity index (χ0v) is 16.6. The molecule has 3 heterocycles. The molecule has 0 saturated heterocycles. The number of hydrogen-bond donors (Lipinski definition) is 2. The Kier molecular flexibility index (Phi) is 5.04. The highest BCUT2D eigenvalue weighted by molar-refractivity contribution is 6.03. The van der Waals surface area contributed by atoms with Crippen molar-refractivity contribution in [2.24, 2.45) is 0 Å². The third-order valence-corrected chi connectivity index (χ3v) is 4.78. The summed E-state index contributed by atoms with van der Waals surface area (Å²) in [5.74, 6) is 0.560. The lowest BCUT2D eigenvalue weighted by molar-refractivity contribution is 0.102. The number of rotatable bonds is 6. The van der Waals surface area contributed by atoms with E-state index in [0.717, 1.165) is 5.56 Å². The van der Waals surface area contributed by atoms with Gasteiger partial charge < -0.3 is 14.3 Å². The maximum atomic E-state index is 13.1. The summed E-state index contributed by atoms with van der Waals surface area (Å²) in [6, 6.07) is 18.3. The lowest BCUT2D eigenvalue weighted by Crippen LogP contribution is -2.14. The van der Waals surface area contributed by atoms with Gasteiger partial charge in [0, 0.05) is 11.3 Å². The molecule has 0 aliphatic carbocycles. The van der Waals surface area contributed by atoms with Gasteiger partial charge in [-0.15, -0.1) is 0 Å². The van der Waals surface area contributed by atoms with Crippen LogP contribution in [0.3, 0.4) is 0 Å². The summed E-state index contributed by atoms with van der Waals surface area (Å²) in [5, 5.41) is 13.7. The number of halogens is 1. The highest BCUT2D eigenvalue weighted by atomic mass is 19.1. The minimum Gasteiger partial charge on any atom is -0.461 e. The second-order valence-electron chi connectivity index (χ2n) is 6.95. The SMILES string of the molecule is O=C(Nc1ccccc1Cc1nc(-c2ccco2)no1)c1cc(-c2ccc(F)cc2)n[nH]1. The molecule has 0 spiro atoms. The molecule has 0 saturated carbocycles. The molecule has 2 aromatic carbocycles. The third-order valence-electron chi connectivity index (χ3n) is 4.78. The molecule has 5 rings (SSSR count). The van der Waals surface area contributed by atoms with E-state index in [1.54, 1.807) is 36.4 Å². The van der Waals surface area contributed by atoms with Gasteiger partial charge in [-0.25, -0.2) is 4.39 Å². The summed E-state index contributed by atoms with van der Waals surface area (Å²) in [6.45, 7) is 0. The molecule has 2 N–H and O–H groups in total. The number of benzene rings is 2. The van der Waals surface area contributed by atoms with Crippen LogP contribution in [0, 0.1) is 5.82 Å². The van der Waals surface area contributed by atoms with Crippen LogP contribution in [0.5, 0.6) is 0 Å². The fourth-order valence-electron chi connectivity index (χ4n) is 3.19. The fraction of sp³-hybridized carbons (Fsp3) is 0.0435. The number of anilines is 1. The van der Waals surface area contributed by atoms with Crippen LogP contribution in [0.15, 0.2) is 81.9 Å². The summed E-state index contributed by atoms with van der Waals surface area (Å²) in [6.07, 6.45) is 1.86. The standard InChI is InChI=1S/C23H16FN5O3/c24-16-9-7-14(8-10-16)18-13-19(28-27-18)23(30)25-17-5-2-1-4-15(17)12-21-26-22(29-32-21)20-6-3-11-31-20/h1-11,13H,12H2,(H,25,30)(H,27,28). The molecule has 0 atom stereocenters. The first-order valence-corrected chi connectivity index (χ1v) is 9.73. The molecular weight excluding hydrogens is 413 g/mol. The van der Waals surface area contributed by atoms with Crippen LogP contribution in [0.1, 0.15) is 21.9 Å². The van der Waals surface area contributed by atoms with Gasteiger partial charge in [0.15, 0.2) is 5.76 Å². The smallest absolute Gasteiger partial charge is 0.273 e. The number of carbonyl (C=O) groups excluding carboxylic acids is 1. The molecule has 32 heavy (non-hydrogen) atoms. The lowest BCUT2D eigenvalue weighted by atomic mass is 10.1. The van der Waals surface area contributed by atoms with Crippen LogP contribution in [-0.2, 0) is 6.42 Å². The van der Waals surface area contributed by atoms with E-state index in [9.17, 15) is 9.18 Å². The van der Waals surface area contributed by atoms with E-state index < -0.39 is 0 Å². The molecule has 1 amide bonds. The minimum absolute atomic E-state index is 0.275. The number of nitrogens with zero attached hydrogens (tertiary/aromatic N) is 3. The number of carbonyl (C=O) groups is 1. The van der Waals surface area contributed by atoms with Crippen LogP contribution in [0.2, 0.25) is 0 Å². The molecule has 0 radical (unpaired) electrons. The second-order valence-corrected chi connectivity index (χ2v) is 6.95. The minimum atomic E-state index is -0.361. The predicted molar refractivity (Wildman–Crippen MR) is 113 cm³/mol. The van der Waals surface area contributed by atoms with E-state index in [2.05, 4.69) is 25.7 Å². The number of hydrogen-bond acceptors (Lipinski definition) is 6. The maximum absolute atomic E-state index is 13.1. The first-order chi connectivity index (χ1) is 15.7. The zero-order chi connectivity index (χ0) is 21.9. The van der Waals surface area contributed by atoms with E-state index in [-0.39, 0.29) is 17.4 Å². The Morgan fingerprint density at radius 3 is 2.72 bits per heavy atom. The van der Waals surface area contributed by atoms with Gasteiger partial charge >= 0.3 is 0 Å². The van der Waals surface area contributed by atoms with E-state index >= 15 is 0 Å². The first kappa shape index (κ1) is 19.4. The van der Waals surface area contributed by atoms with Crippen molar-refractivity contribution in [3.05, 3.63) is 96.0 Å². The number of nitrogens with one attached hydrogen (secondary N) is 2. The van der Waals surface area contributed by atoms with E-state index in [1.165, 1.54) is 18.4 Å². The summed E-state index contributed by atoms with van der Waals surface area (Å²) >= 11 is 0. The number of aromatic nitrogens is 4. The van der Waals surface area contributed by atoms with Gasteiger partial charge in [0.1, 0.15) is 11.5 Å². The Labute approximate surface area is 181 Å². The fourth-order valence-corrected chi connectivity index (χ4v) is 3.19. The molecule has 9 heteroatoms. The van der Waals surface area contributed by atoms with Crippen LogP contribution < -0.4 is 5.32 Å². The van der Waals surface area contributed by atoms with Crippen molar-refractivity contribution >= 4 is 11.6 Å². The molecule has 3 aromatic heterocycles. The Morgan fingerprint density at radius 2 is 1.91 bits per heavy atom. The molecule has 5 aromatic rings. The number of aromatic amines is 1. The summed E-state index contributed by atoms with van der Waals surface area (Å²) < 4.78 is 23.7. The van der Waals surface area contributed by atoms with Gasteiger partial charge in [0.05, 0.1) is 18.4 Å². The van der Waals surface area contributed by atoms with Gasteiger partial charge in [-0.1, -0.05) is 23.4 Å². The third kappa shape index (κ3) is 4.04. The summed E-state index contributed by atoms with van der Waals surface area (Å²) in [4.78, 5) is 17.1. The average molecular weight is 429 g/mol. The molecule has 0 aliphatic heterocycles. The van der Waals surface area contributed by atoms with Gasteiger partial charge in [-0.3, -0.25) is 9.89 Å². The quantitative estimate of drug-likeness (QED) is 0.405. The van der Waals surface area contributed by atoms with Crippen molar-refractivity contribution < 1.29 is 18.1 Å². The van der Waals surface area contributed by atoms with Gasteiger partial charge in [-0.2, -0.15) is 10.1 Å². The molecule has 0 aliphatic rings. The highest BCUT2D eigenvalue weighted by Gasteiger charge is 2.16. The van der Waals surface area contributed by atoms with E-state index in [1.807, 2.05) is 18.2 Å². The molecule has 0 fully saturated rings. The van der Waals surface area contributed by atoms with Crippen molar-refractivity contribution in [3.8, 4) is 22.8 Å². The van der Waals surface area contributed by atoms with Crippen molar-refractivity contribution in [3.63, 3.8) is 0 Å². The van der Waals surface area contributed by atoms with Crippen molar-refractivity contribution in [1.82, 2.24) is 20.3 Å². The highest BCUT2D eigenvalue weighted by Crippen LogP contribution is 2.23. The average Bonchev–Trinajstić information content (AvgIpc) is 3.57. The molecule has 8 nitrogen and oxygen atoms in total. The molecular formula is C23H16FN5O3. The van der Waals surface area contributed by atoms with Gasteiger partial charge in [-0.05, 0) is 54.1 Å². The second kappa shape index (κ2) is 8.31. The van der Waals surface area contributed by atoms with Crippen molar-refractivity contribution in [2.45, 2.75) is 6.42 Å². The number of para-hydroxylation sites is 1. The molecule has 0 unspecified atom stereocenters. The number of furan rings is 1. The van der Waals surface area contributed by atoms with Crippen LogP contribution >= 0.6 is 0 Å². The molecule has 158 valence electrons. The predicted octanol–water partition coefficient (Wildman–Crippen LogP) is 4.70. The number of H-pyrrole nitrogens is 1. The van der Waals surface area contributed by atoms with Crippen LogP contribution in [0.4, 0.5) is 10.1 Å². The van der Waals surface area contributed by atoms with Gasteiger partial charge in [0.2, 0.25) is 11.7 Å². The van der Waals surface area contributed by atoms with Crippen LogP contribution in [-0.4, -0.2) is 26.2 Å². The lowest BCUT2D eigenvalue weighted by Gasteiger charge is -2.08. The van der Waals surface area contributed by atoms with E-state index in [4.69, 9.17) is 8.94 Å². The first-order valence-electron chi connectivity index (χ1n) is 9.73. The van der Waals surface area contributed by atoms with Crippen molar-refractivity contribution in [2.75, 3.05) is 5.32 Å². The summed E-state index contributed by atoms with van der Waals surface area (Å²) in [7, 11) is 0. The topological polar surface area (TPSA) is 110 Å². The van der Waals surface area contributed by atoms with Gasteiger partial charge in [0.25, 0.3) is 5.91 Å². The maximum Gasteiger partial charge on any atom is 0.273 e. The van der Waals surface area contributed by atoms with E-state index in [0.29, 0.717) is 40.8 Å². The summed E-state index contributed by atoms with van der Waals surface area (Å²) in [5.41, 5.74) is 2.92. The number of amides is 1.